The Bertz CT molecular complexity index is 556. The Labute approximate surface area is 106 Å². The van der Waals surface area contributed by atoms with Crippen molar-refractivity contribution in [3.8, 4) is 16.9 Å². The van der Waals surface area contributed by atoms with E-state index in [1.165, 1.54) is 37.0 Å². The summed E-state index contributed by atoms with van der Waals surface area (Å²) in [7, 11) is 0. The third kappa shape index (κ3) is 1.99. The molecule has 2 heteroatoms. The van der Waals surface area contributed by atoms with Gasteiger partial charge in [0.15, 0.2) is 11.6 Å². The van der Waals surface area contributed by atoms with Crippen molar-refractivity contribution < 1.29 is 9.50 Å². The standard InChI is InChI=1S/C16H15FO/c17-15-10-14(8-9-16(15)18)13-6-4-12(5-7-13)11-2-1-3-11/h4-11,18H,1-3H2. The van der Waals surface area contributed by atoms with E-state index in [-0.39, 0.29) is 5.75 Å². The van der Waals surface area contributed by atoms with Crippen molar-refractivity contribution in [2.75, 3.05) is 0 Å². The topological polar surface area (TPSA) is 20.2 Å². The van der Waals surface area contributed by atoms with E-state index in [1.54, 1.807) is 6.07 Å². The maximum Gasteiger partial charge on any atom is 0.165 e. The van der Waals surface area contributed by atoms with Crippen LogP contribution in [0.15, 0.2) is 42.5 Å². The van der Waals surface area contributed by atoms with E-state index in [4.69, 9.17) is 0 Å². The summed E-state index contributed by atoms with van der Waals surface area (Å²) in [6.07, 6.45) is 3.90. The SMILES string of the molecule is Oc1ccc(-c2ccc(C3CCC3)cc2)cc1F. The van der Waals surface area contributed by atoms with Crippen LogP contribution in [0, 0.1) is 5.82 Å². The summed E-state index contributed by atoms with van der Waals surface area (Å²) in [5.74, 6) is -0.156. The van der Waals surface area contributed by atoms with E-state index in [0.29, 0.717) is 0 Å². The molecule has 2 aromatic rings. The van der Waals surface area contributed by atoms with Crippen LogP contribution >= 0.6 is 0 Å². The predicted molar refractivity (Wildman–Crippen MR) is 70.1 cm³/mol. The zero-order valence-corrected chi connectivity index (χ0v) is 10.1. The first-order valence-corrected chi connectivity index (χ1v) is 6.33. The quantitative estimate of drug-likeness (QED) is 0.824. The number of benzene rings is 2. The molecule has 0 amide bonds. The van der Waals surface area contributed by atoms with Crippen LogP contribution < -0.4 is 0 Å². The monoisotopic (exact) mass is 242 g/mol. The van der Waals surface area contributed by atoms with E-state index < -0.39 is 5.82 Å². The average molecular weight is 242 g/mol. The minimum atomic E-state index is -0.574. The van der Waals surface area contributed by atoms with E-state index in [2.05, 4.69) is 12.1 Å². The maximum atomic E-state index is 13.3. The molecule has 0 aliphatic heterocycles. The molecular weight excluding hydrogens is 227 g/mol. The highest BCUT2D eigenvalue weighted by Gasteiger charge is 2.19. The highest BCUT2D eigenvalue weighted by molar-refractivity contribution is 5.64. The van der Waals surface area contributed by atoms with Crippen LogP contribution in [0.4, 0.5) is 4.39 Å². The molecule has 0 radical (unpaired) electrons. The second-order valence-corrected chi connectivity index (χ2v) is 4.92. The van der Waals surface area contributed by atoms with Gasteiger partial charge < -0.3 is 5.11 Å². The predicted octanol–water partition coefficient (Wildman–Crippen LogP) is 4.47. The van der Waals surface area contributed by atoms with Gasteiger partial charge in [0.2, 0.25) is 0 Å². The van der Waals surface area contributed by atoms with Crippen LogP contribution in [0.1, 0.15) is 30.7 Å². The molecular formula is C16H15FO. The minimum Gasteiger partial charge on any atom is -0.505 e. The number of phenolic OH excluding ortho intramolecular Hbond substituents is 1. The lowest BCUT2D eigenvalue weighted by Crippen LogP contribution is -2.08. The van der Waals surface area contributed by atoms with Crippen molar-refractivity contribution in [2.24, 2.45) is 0 Å². The van der Waals surface area contributed by atoms with Crippen LogP contribution in [-0.2, 0) is 0 Å². The van der Waals surface area contributed by atoms with Gasteiger partial charge in [-0.05, 0) is 47.6 Å². The summed E-state index contributed by atoms with van der Waals surface area (Å²) < 4.78 is 13.3. The Morgan fingerprint density at radius 3 is 2.17 bits per heavy atom. The van der Waals surface area contributed by atoms with Crippen LogP contribution in [-0.4, -0.2) is 5.11 Å². The summed E-state index contributed by atoms with van der Waals surface area (Å²) in [5.41, 5.74) is 3.16. The summed E-state index contributed by atoms with van der Waals surface area (Å²) in [6.45, 7) is 0. The summed E-state index contributed by atoms with van der Waals surface area (Å²) >= 11 is 0. The molecule has 0 aromatic heterocycles. The Hall–Kier alpha value is -1.83. The molecule has 1 nitrogen and oxygen atoms in total. The molecule has 0 unspecified atom stereocenters. The van der Waals surface area contributed by atoms with Gasteiger partial charge in [0.1, 0.15) is 0 Å². The fraction of sp³-hybridized carbons (Fsp3) is 0.250. The molecule has 1 N–H and O–H groups in total. The first kappa shape index (κ1) is 11.3. The van der Waals surface area contributed by atoms with Gasteiger partial charge in [0.05, 0.1) is 0 Å². The number of phenols is 1. The summed E-state index contributed by atoms with van der Waals surface area (Å²) in [4.78, 5) is 0. The molecule has 0 atom stereocenters. The smallest absolute Gasteiger partial charge is 0.165 e. The molecule has 0 heterocycles. The Balaban J connectivity index is 1.89. The molecule has 0 spiro atoms. The second-order valence-electron chi connectivity index (χ2n) is 4.92. The molecule has 92 valence electrons. The molecule has 18 heavy (non-hydrogen) atoms. The molecule has 3 rings (SSSR count). The van der Waals surface area contributed by atoms with Crippen LogP contribution in [0.2, 0.25) is 0 Å². The first-order valence-electron chi connectivity index (χ1n) is 6.33. The van der Waals surface area contributed by atoms with Crippen molar-refractivity contribution in [3.63, 3.8) is 0 Å². The molecule has 1 fully saturated rings. The minimum absolute atomic E-state index is 0.301. The highest BCUT2D eigenvalue weighted by atomic mass is 19.1. The molecule has 2 aromatic carbocycles. The van der Waals surface area contributed by atoms with Crippen LogP contribution in [0.25, 0.3) is 11.1 Å². The average Bonchev–Trinajstić information content (AvgIpc) is 2.32. The van der Waals surface area contributed by atoms with Crippen LogP contribution in [0.5, 0.6) is 5.75 Å². The van der Waals surface area contributed by atoms with Gasteiger partial charge in [-0.25, -0.2) is 4.39 Å². The van der Waals surface area contributed by atoms with Crippen LogP contribution in [0.3, 0.4) is 0 Å². The van der Waals surface area contributed by atoms with Gasteiger partial charge in [-0.2, -0.15) is 0 Å². The third-order valence-electron chi connectivity index (χ3n) is 3.77. The van der Waals surface area contributed by atoms with E-state index in [0.717, 1.165) is 17.0 Å². The molecule has 1 aliphatic rings. The van der Waals surface area contributed by atoms with Gasteiger partial charge in [0, 0.05) is 0 Å². The lowest BCUT2D eigenvalue weighted by molar-refractivity contribution is 0.420. The fourth-order valence-electron chi connectivity index (χ4n) is 2.38. The maximum absolute atomic E-state index is 13.3. The Morgan fingerprint density at radius 2 is 1.61 bits per heavy atom. The van der Waals surface area contributed by atoms with Crippen molar-refractivity contribution in [1.29, 1.82) is 0 Å². The largest absolute Gasteiger partial charge is 0.505 e. The molecule has 1 saturated carbocycles. The van der Waals surface area contributed by atoms with Gasteiger partial charge in [-0.3, -0.25) is 0 Å². The van der Waals surface area contributed by atoms with E-state index >= 15 is 0 Å². The second kappa shape index (κ2) is 4.45. The fourth-order valence-corrected chi connectivity index (χ4v) is 2.38. The number of hydrogen-bond donors (Lipinski definition) is 1. The summed E-state index contributed by atoms with van der Waals surface area (Å²) in [6, 6.07) is 12.8. The van der Waals surface area contributed by atoms with Gasteiger partial charge in [-0.15, -0.1) is 0 Å². The highest BCUT2D eigenvalue weighted by Crippen LogP contribution is 2.37. The zero-order chi connectivity index (χ0) is 12.5. The van der Waals surface area contributed by atoms with Gasteiger partial charge >= 0.3 is 0 Å². The number of halogens is 1. The third-order valence-corrected chi connectivity index (χ3v) is 3.77. The van der Waals surface area contributed by atoms with E-state index in [1.807, 2.05) is 12.1 Å². The number of hydrogen-bond acceptors (Lipinski definition) is 1. The lowest BCUT2D eigenvalue weighted by atomic mass is 9.80. The first-order chi connectivity index (χ1) is 8.74. The number of aromatic hydroxyl groups is 1. The zero-order valence-electron chi connectivity index (χ0n) is 10.1. The Morgan fingerprint density at radius 1 is 0.944 bits per heavy atom. The molecule has 0 bridgehead atoms. The van der Waals surface area contributed by atoms with Crippen molar-refractivity contribution in [1.82, 2.24) is 0 Å². The van der Waals surface area contributed by atoms with Gasteiger partial charge in [-0.1, -0.05) is 36.8 Å². The van der Waals surface area contributed by atoms with Crippen molar-refractivity contribution >= 4 is 0 Å². The van der Waals surface area contributed by atoms with Crippen molar-refractivity contribution in [2.45, 2.75) is 25.2 Å². The number of rotatable bonds is 2. The van der Waals surface area contributed by atoms with Crippen molar-refractivity contribution in [3.05, 3.63) is 53.8 Å². The van der Waals surface area contributed by atoms with E-state index in [9.17, 15) is 9.50 Å². The Kier molecular flexibility index (Phi) is 2.78. The van der Waals surface area contributed by atoms with Gasteiger partial charge in [0.25, 0.3) is 0 Å². The lowest BCUT2D eigenvalue weighted by Gasteiger charge is -2.25. The molecule has 0 saturated heterocycles. The summed E-state index contributed by atoms with van der Waals surface area (Å²) in [5, 5.41) is 9.17. The molecule has 1 aliphatic carbocycles. The normalized spacial score (nSPS) is 15.4.